The van der Waals surface area contributed by atoms with Crippen molar-refractivity contribution in [3.8, 4) is 5.75 Å². The Morgan fingerprint density at radius 2 is 1.90 bits per heavy atom. The molecular formula is C22H30N4O3. The van der Waals surface area contributed by atoms with E-state index in [1.54, 1.807) is 6.33 Å². The highest BCUT2D eigenvalue weighted by Crippen LogP contribution is 2.45. The average molecular weight is 399 g/mol. The predicted molar refractivity (Wildman–Crippen MR) is 108 cm³/mol. The van der Waals surface area contributed by atoms with Crippen LogP contribution in [0.1, 0.15) is 70.8 Å². The second-order valence-corrected chi connectivity index (χ2v) is 9.88. The lowest BCUT2D eigenvalue weighted by molar-refractivity contribution is -0.000986. The van der Waals surface area contributed by atoms with E-state index in [0.717, 1.165) is 37.1 Å². The zero-order valence-corrected chi connectivity index (χ0v) is 17.5. The molecule has 4 heterocycles. The number of nitrogens with zero attached hydrogens (tertiary/aromatic N) is 4. The van der Waals surface area contributed by atoms with E-state index < -0.39 is 5.60 Å². The number of piperidine rings is 1. The van der Waals surface area contributed by atoms with Gasteiger partial charge in [0.2, 0.25) is 0 Å². The molecule has 1 amide bonds. The Balaban J connectivity index is 1.25. The van der Waals surface area contributed by atoms with E-state index in [1.165, 1.54) is 18.4 Å². The number of ether oxygens (including phenoxy) is 2. The van der Waals surface area contributed by atoms with Crippen molar-refractivity contribution >= 4 is 11.7 Å². The molecule has 5 rings (SSSR count). The van der Waals surface area contributed by atoms with Gasteiger partial charge in [-0.3, -0.25) is 4.40 Å². The molecule has 1 aliphatic carbocycles. The van der Waals surface area contributed by atoms with Crippen LogP contribution >= 0.6 is 0 Å². The first-order chi connectivity index (χ1) is 13.9. The molecule has 0 spiro atoms. The minimum Gasteiger partial charge on any atom is -0.493 e. The topological polar surface area (TPSA) is 69.0 Å². The molecule has 2 aliphatic heterocycles. The number of carbonyl (C=O) groups excluding carboxylic acids is 1. The number of pyridine rings is 1. The van der Waals surface area contributed by atoms with Gasteiger partial charge in [-0.2, -0.15) is 0 Å². The van der Waals surface area contributed by atoms with Gasteiger partial charge in [-0.25, -0.2) is 4.79 Å². The number of rotatable bonds is 4. The molecule has 3 aliphatic rings. The quantitative estimate of drug-likeness (QED) is 0.773. The van der Waals surface area contributed by atoms with Gasteiger partial charge in [0.15, 0.2) is 5.65 Å². The van der Waals surface area contributed by atoms with Gasteiger partial charge in [0.25, 0.3) is 0 Å². The summed E-state index contributed by atoms with van der Waals surface area (Å²) in [6.45, 7) is 6.48. The molecular weight excluding hydrogens is 368 g/mol. The van der Waals surface area contributed by atoms with Gasteiger partial charge in [-0.1, -0.05) is 0 Å². The van der Waals surface area contributed by atoms with E-state index in [9.17, 15) is 4.79 Å². The molecule has 0 aromatic carbocycles. The first kappa shape index (κ1) is 18.7. The van der Waals surface area contributed by atoms with Gasteiger partial charge in [-0.05, 0) is 71.1 Å². The summed E-state index contributed by atoms with van der Waals surface area (Å²) in [7, 11) is 0. The lowest BCUT2D eigenvalue weighted by Gasteiger charge is -2.39. The Morgan fingerprint density at radius 3 is 2.55 bits per heavy atom. The number of carbonyl (C=O) groups is 1. The summed E-state index contributed by atoms with van der Waals surface area (Å²) in [5.41, 5.74) is 1.64. The molecule has 156 valence electrons. The molecule has 3 atom stereocenters. The van der Waals surface area contributed by atoms with Crippen LogP contribution in [-0.2, 0) is 4.74 Å². The van der Waals surface area contributed by atoms with Crippen LogP contribution in [0.4, 0.5) is 4.79 Å². The van der Waals surface area contributed by atoms with E-state index in [2.05, 4.69) is 16.4 Å². The zero-order valence-electron chi connectivity index (χ0n) is 17.5. The van der Waals surface area contributed by atoms with E-state index in [4.69, 9.17) is 9.47 Å². The van der Waals surface area contributed by atoms with Gasteiger partial charge < -0.3 is 14.4 Å². The third kappa shape index (κ3) is 3.79. The second kappa shape index (κ2) is 6.89. The minimum absolute atomic E-state index is 0.155. The van der Waals surface area contributed by atoms with E-state index >= 15 is 0 Å². The standard InChI is InChI=1S/C22H30N4O3/c1-22(2,3)29-21(27)26-16-6-7-17(26)9-14(8-16)12-28-19-10-20-24-23-13-25(20)11-18(19)15-4-5-15/h10-11,13-17H,4-9,12H2,1-3H3/t14-,16+,17-. The maximum absolute atomic E-state index is 12.6. The summed E-state index contributed by atoms with van der Waals surface area (Å²) in [5, 5.41) is 8.16. The average Bonchev–Trinajstić information content (AvgIpc) is 3.33. The van der Waals surface area contributed by atoms with Crippen LogP contribution in [0.2, 0.25) is 0 Å². The van der Waals surface area contributed by atoms with Crippen LogP contribution < -0.4 is 4.74 Å². The maximum Gasteiger partial charge on any atom is 0.410 e. The highest BCUT2D eigenvalue weighted by Gasteiger charge is 2.45. The number of fused-ring (bicyclic) bond motifs is 3. The van der Waals surface area contributed by atoms with Gasteiger partial charge in [-0.15, -0.1) is 10.2 Å². The van der Waals surface area contributed by atoms with Crippen molar-refractivity contribution in [2.24, 2.45) is 5.92 Å². The fourth-order valence-corrected chi connectivity index (χ4v) is 4.94. The molecule has 7 heteroatoms. The molecule has 29 heavy (non-hydrogen) atoms. The van der Waals surface area contributed by atoms with Crippen molar-refractivity contribution < 1.29 is 14.3 Å². The lowest BCUT2D eigenvalue weighted by atomic mass is 9.91. The third-order valence-corrected chi connectivity index (χ3v) is 6.35. The Labute approximate surface area is 171 Å². The molecule has 2 bridgehead atoms. The SMILES string of the molecule is CC(C)(C)OC(=O)N1[C@@H]2CC[C@H]1C[C@@H](COc1cc3nncn3cc1C1CC1)C2. The van der Waals surface area contributed by atoms with Crippen LogP contribution in [0.25, 0.3) is 5.65 Å². The largest absolute Gasteiger partial charge is 0.493 e. The second-order valence-electron chi connectivity index (χ2n) is 9.88. The van der Waals surface area contributed by atoms with E-state index in [1.807, 2.05) is 36.1 Å². The highest BCUT2D eigenvalue weighted by molar-refractivity contribution is 5.69. The maximum atomic E-state index is 12.6. The van der Waals surface area contributed by atoms with E-state index in [0.29, 0.717) is 18.4 Å². The molecule has 7 nitrogen and oxygen atoms in total. The van der Waals surface area contributed by atoms with Crippen LogP contribution in [0.15, 0.2) is 18.6 Å². The molecule has 2 aromatic rings. The first-order valence-electron chi connectivity index (χ1n) is 10.8. The first-order valence-corrected chi connectivity index (χ1v) is 10.8. The normalized spacial score (nSPS) is 26.7. The summed E-state index contributed by atoms with van der Waals surface area (Å²) in [5.74, 6) is 2.02. The highest BCUT2D eigenvalue weighted by atomic mass is 16.6. The fourth-order valence-electron chi connectivity index (χ4n) is 4.94. The van der Waals surface area contributed by atoms with Crippen molar-refractivity contribution in [1.82, 2.24) is 19.5 Å². The van der Waals surface area contributed by atoms with Crippen LogP contribution in [-0.4, -0.2) is 49.9 Å². The van der Waals surface area contributed by atoms with Crippen LogP contribution in [0.3, 0.4) is 0 Å². The molecule has 2 saturated heterocycles. The van der Waals surface area contributed by atoms with Crippen molar-refractivity contribution in [2.45, 2.75) is 82.9 Å². The molecule has 0 N–H and O–H groups in total. The van der Waals surface area contributed by atoms with Crippen molar-refractivity contribution in [1.29, 1.82) is 0 Å². The van der Waals surface area contributed by atoms with Crippen LogP contribution in [0, 0.1) is 5.92 Å². The minimum atomic E-state index is -0.448. The van der Waals surface area contributed by atoms with Crippen molar-refractivity contribution in [2.75, 3.05) is 6.61 Å². The molecule has 2 aromatic heterocycles. The van der Waals surface area contributed by atoms with Gasteiger partial charge >= 0.3 is 6.09 Å². The van der Waals surface area contributed by atoms with Crippen molar-refractivity contribution in [3.63, 3.8) is 0 Å². The Morgan fingerprint density at radius 1 is 1.17 bits per heavy atom. The summed E-state index contributed by atoms with van der Waals surface area (Å²) < 4.78 is 14.0. The number of amides is 1. The Kier molecular flexibility index (Phi) is 4.44. The monoisotopic (exact) mass is 398 g/mol. The van der Waals surface area contributed by atoms with Crippen LogP contribution in [0.5, 0.6) is 5.75 Å². The van der Waals surface area contributed by atoms with Crippen molar-refractivity contribution in [3.05, 3.63) is 24.2 Å². The Bertz CT molecular complexity index is 900. The molecule has 0 unspecified atom stereocenters. The summed E-state index contributed by atoms with van der Waals surface area (Å²) in [6.07, 6.45) is 10.3. The van der Waals surface area contributed by atoms with Gasteiger partial charge in [0.1, 0.15) is 17.7 Å². The molecule has 3 fully saturated rings. The van der Waals surface area contributed by atoms with Gasteiger partial charge in [0, 0.05) is 29.9 Å². The smallest absolute Gasteiger partial charge is 0.410 e. The third-order valence-electron chi connectivity index (χ3n) is 6.35. The molecule has 0 radical (unpaired) electrons. The van der Waals surface area contributed by atoms with Gasteiger partial charge in [0.05, 0.1) is 6.61 Å². The number of hydrogen-bond donors (Lipinski definition) is 0. The predicted octanol–water partition coefficient (Wildman–Crippen LogP) is 4.16. The molecule has 1 saturated carbocycles. The summed E-state index contributed by atoms with van der Waals surface area (Å²) >= 11 is 0. The summed E-state index contributed by atoms with van der Waals surface area (Å²) in [6, 6.07) is 2.57. The summed E-state index contributed by atoms with van der Waals surface area (Å²) in [4.78, 5) is 14.6. The number of hydrogen-bond acceptors (Lipinski definition) is 5. The Hall–Kier alpha value is -2.31. The fraction of sp³-hybridized carbons (Fsp3) is 0.682. The lowest BCUT2D eigenvalue weighted by Crippen LogP contribution is -2.49. The van der Waals surface area contributed by atoms with E-state index in [-0.39, 0.29) is 18.2 Å². The number of aromatic nitrogens is 3. The zero-order chi connectivity index (χ0) is 20.2.